The number of rotatable bonds is 10. The normalized spacial score (nSPS) is 16.2. The standard InChI is InChI=1S/C20H33N3O2/c1-8-21-18(23-20(7)10-11-20)16(14(3)4)17(15(5)6)19(24)22-12-13-25-9-2/h8,23H,3,9-13H2,1-2,4-7H3,(H,22,24)/b18-16-,21-8-. The van der Waals surface area contributed by atoms with Gasteiger partial charge in [-0.3, -0.25) is 4.79 Å². The Morgan fingerprint density at radius 1 is 1.28 bits per heavy atom. The summed E-state index contributed by atoms with van der Waals surface area (Å²) in [6.45, 7) is 17.5. The molecule has 0 saturated heterocycles. The molecule has 1 fully saturated rings. The summed E-state index contributed by atoms with van der Waals surface area (Å²) in [5.41, 5.74) is 3.20. The van der Waals surface area contributed by atoms with Crippen LogP contribution >= 0.6 is 0 Å². The fraction of sp³-hybridized carbons (Fsp3) is 0.600. The maximum atomic E-state index is 12.8. The second-order valence-electron chi connectivity index (χ2n) is 6.90. The van der Waals surface area contributed by atoms with E-state index in [1.54, 1.807) is 6.21 Å². The van der Waals surface area contributed by atoms with Crippen molar-refractivity contribution in [2.45, 2.75) is 59.9 Å². The third kappa shape index (κ3) is 6.50. The number of amides is 1. The number of allylic oxidation sites excluding steroid dienone is 2. The molecule has 1 saturated carbocycles. The Morgan fingerprint density at radius 2 is 1.92 bits per heavy atom. The Hall–Kier alpha value is -1.88. The van der Waals surface area contributed by atoms with E-state index < -0.39 is 0 Å². The van der Waals surface area contributed by atoms with Crippen molar-refractivity contribution in [2.24, 2.45) is 4.99 Å². The lowest BCUT2D eigenvalue weighted by Gasteiger charge is -2.21. The smallest absolute Gasteiger partial charge is 0.252 e. The highest BCUT2D eigenvalue weighted by atomic mass is 16.5. The SMILES string of the molecule is C=C(C)/C(C(C(=O)NCCOCC)=C(C)C)=C(\N=C/C)NC1(C)CC1. The van der Waals surface area contributed by atoms with Crippen LogP contribution in [0.3, 0.4) is 0 Å². The van der Waals surface area contributed by atoms with Gasteiger partial charge in [0.2, 0.25) is 0 Å². The molecule has 0 spiro atoms. The van der Waals surface area contributed by atoms with Crippen LogP contribution in [0, 0.1) is 0 Å². The molecule has 5 nitrogen and oxygen atoms in total. The van der Waals surface area contributed by atoms with Gasteiger partial charge in [-0.15, -0.1) is 0 Å². The molecule has 25 heavy (non-hydrogen) atoms. The quantitative estimate of drug-likeness (QED) is 0.275. The van der Waals surface area contributed by atoms with Crippen molar-refractivity contribution in [3.05, 3.63) is 34.7 Å². The molecule has 0 bridgehead atoms. The van der Waals surface area contributed by atoms with Gasteiger partial charge in [0.25, 0.3) is 5.91 Å². The molecule has 0 aromatic heterocycles. The molecule has 1 rings (SSSR count). The number of ether oxygens (including phenoxy) is 1. The molecule has 5 heteroatoms. The summed E-state index contributed by atoms with van der Waals surface area (Å²) in [6.07, 6.45) is 3.94. The number of aliphatic imine (C=N–C) groups is 1. The van der Waals surface area contributed by atoms with Crippen molar-refractivity contribution in [2.75, 3.05) is 19.8 Å². The summed E-state index contributed by atoms with van der Waals surface area (Å²) in [6, 6.07) is 0. The summed E-state index contributed by atoms with van der Waals surface area (Å²) >= 11 is 0. The number of hydrogen-bond acceptors (Lipinski definition) is 4. The van der Waals surface area contributed by atoms with E-state index in [9.17, 15) is 4.79 Å². The minimum absolute atomic E-state index is 0.0563. The molecule has 0 aromatic carbocycles. The van der Waals surface area contributed by atoms with E-state index in [2.05, 4.69) is 29.1 Å². The van der Waals surface area contributed by atoms with Gasteiger partial charge in [-0.25, -0.2) is 4.99 Å². The molecule has 1 aliphatic rings. The first-order chi connectivity index (χ1) is 11.8. The average Bonchev–Trinajstić information content (AvgIpc) is 3.25. The highest BCUT2D eigenvalue weighted by Gasteiger charge is 2.38. The Kier molecular flexibility index (Phi) is 8.10. The van der Waals surface area contributed by atoms with E-state index >= 15 is 0 Å². The molecule has 1 aliphatic carbocycles. The maximum Gasteiger partial charge on any atom is 0.252 e. The third-order valence-electron chi connectivity index (χ3n) is 4.06. The zero-order chi connectivity index (χ0) is 19.0. The van der Waals surface area contributed by atoms with E-state index in [1.807, 2.05) is 34.6 Å². The molecule has 2 N–H and O–H groups in total. The van der Waals surface area contributed by atoms with E-state index in [0.717, 1.165) is 29.6 Å². The molecule has 0 unspecified atom stereocenters. The maximum absolute atomic E-state index is 12.8. The summed E-state index contributed by atoms with van der Waals surface area (Å²) < 4.78 is 5.30. The first-order valence-electron chi connectivity index (χ1n) is 8.96. The van der Waals surface area contributed by atoms with Gasteiger partial charge in [-0.1, -0.05) is 12.2 Å². The van der Waals surface area contributed by atoms with Gasteiger partial charge in [0.1, 0.15) is 5.82 Å². The fourth-order valence-corrected chi connectivity index (χ4v) is 2.48. The lowest BCUT2D eigenvalue weighted by atomic mass is 9.95. The number of carbonyl (C=O) groups excluding carboxylic acids is 1. The van der Waals surface area contributed by atoms with Crippen molar-refractivity contribution < 1.29 is 9.53 Å². The Bertz CT molecular complexity index is 592. The molecule has 0 aliphatic heterocycles. The highest BCUT2D eigenvalue weighted by Crippen LogP contribution is 2.37. The van der Waals surface area contributed by atoms with Crippen LogP contribution in [0.2, 0.25) is 0 Å². The van der Waals surface area contributed by atoms with Crippen molar-refractivity contribution in [1.82, 2.24) is 10.6 Å². The van der Waals surface area contributed by atoms with E-state index in [0.29, 0.717) is 31.2 Å². The van der Waals surface area contributed by atoms with Gasteiger partial charge in [0.05, 0.1) is 6.61 Å². The van der Waals surface area contributed by atoms with Crippen LogP contribution in [0.5, 0.6) is 0 Å². The van der Waals surface area contributed by atoms with Gasteiger partial charge in [0.15, 0.2) is 0 Å². The van der Waals surface area contributed by atoms with Crippen molar-refractivity contribution in [3.63, 3.8) is 0 Å². The van der Waals surface area contributed by atoms with E-state index in [4.69, 9.17) is 4.74 Å². The second kappa shape index (κ2) is 9.56. The largest absolute Gasteiger partial charge is 0.380 e. The van der Waals surface area contributed by atoms with Crippen molar-refractivity contribution >= 4 is 12.1 Å². The van der Waals surface area contributed by atoms with Crippen LogP contribution < -0.4 is 10.6 Å². The van der Waals surface area contributed by atoms with Crippen LogP contribution in [-0.4, -0.2) is 37.4 Å². The van der Waals surface area contributed by atoms with Gasteiger partial charge in [-0.05, 0) is 60.0 Å². The number of nitrogens with zero attached hydrogens (tertiary/aromatic N) is 1. The first kappa shape index (κ1) is 21.2. The second-order valence-corrected chi connectivity index (χ2v) is 6.90. The zero-order valence-electron chi connectivity index (χ0n) is 16.6. The van der Waals surface area contributed by atoms with Gasteiger partial charge in [-0.2, -0.15) is 0 Å². The fourth-order valence-electron chi connectivity index (χ4n) is 2.48. The van der Waals surface area contributed by atoms with Crippen LogP contribution in [0.1, 0.15) is 54.4 Å². The monoisotopic (exact) mass is 347 g/mol. The minimum Gasteiger partial charge on any atom is -0.380 e. The molecule has 0 aromatic rings. The van der Waals surface area contributed by atoms with Gasteiger partial charge < -0.3 is 15.4 Å². The minimum atomic E-state index is -0.121. The first-order valence-corrected chi connectivity index (χ1v) is 8.96. The van der Waals surface area contributed by atoms with E-state index in [-0.39, 0.29) is 11.4 Å². The average molecular weight is 348 g/mol. The van der Waals surface area contributed by atoms with Crippen molar-refractivity contribution in [1.29, 1.82) is 0 Å². The molecule has 0 atom stereocenters. The van der Waals surface area contributed by atoms with Crippen LogP contribution in [0.4, 0.5) is 0 Å². The third-order valence-corrected chi connectivity index (χ3v) is 4.06. The molecule has 1 amide bonds. The Balaban J connectivity index is 3.20. The molecular weight excluding hydrogens is 314 g/mol. The predicted octanol–water partition coefficient (Wildman–Crippen LogP) is 3.50. The van der Waals surface area contributed by atoms with Crippen molar-refractivity contribution in [3.8, 4) is 0 Å². The van der Waals surface area contributed by atoms with Crippen LogP contribution in [-0.2, 0) is 9.53 Å². The number of nitrogens with one attached hydrogen (secondary N) is 2. The molecule has 0 radical (unpaired) electrons. The summed E-state index contributed by atoms with van der Waals surface area (Å²) in [5.74, 6) is 0.593. The van der Waals surface area contributed by atoms with Crippen LogP contribution in [0.25, 0.3) is 0 Å². The topological polar surface area (TPSA) is 62.7 Å². The lowest BCUT2D eigenvalue weighted by molar-refractivity contribution is -0.117. The lowest BCUT2D eigenvalue weighted by Crippen LogP contribution is -2.32. The van der Waals surface area contributed by atoms with Gasteiger partial charge in [0, 0.05) is 36.1 Å². The summed E-state index contributed by atoms with van der Waals surface area (Å²) in [7, 11) is 0. The van der Waals surface area contributed by atoms with E-state index in [1.165, 1.54) is 0 Å². The summed E-state index contributed by atoms with van der Waals surface area (Å²) in [5, 5.41) is 6.43. The predicted molar refractivity (Wildman–Crippen MR) is 105 cm³/mol. The molecular formula is C20H33N3O2. The Morgan fingerprint density at radius 3 is 2.36 bits per heavy atom. The Labute approximate surface area is 152 Å². The molecule has 140 valence electrons. The summed E-state index contributed by atoms with van der Waals surface area (Å²) in [4.78, 5) is 17.3. The zero-order valence-corrected chi connectivity index (χ0v) is 16.6. The van der Waals surface area contributed by atoms with Gasteiger partial charge >= 0.3 is 0 Å². The number of hydrogen-bond donors (Lipinski definition) is 2. The van der Waals surface area contributed by atoms with Crippen LogP contribution in [0.15, 0.2) is 39.7 Å². The molecule has 0 heterocycles. The highest BCUT2D eigenvalue weighted by molar-refractivity contribution is 6.00. The number of carbonyl (C=O) groups is 1.